The smallest absolute Gasteiger partial charge is 0.326 e. The van der Waals surface area contributed by atoms with Crippen LogP contribution in [-0.2, 0) is 16.0 Å². The second-order valence-electron chi connectivity index (χ2n) is 10.0. The van der Waals surface area contributed by atoms with Crippen LogP contribution in [-0.4, -0.2) is 22.5 Å². The van der Waals surface area contributed by atoms with Gasteiger partial charge in [0, 0.05) is 18.0 Å². The maximum atomic E-state index is 12.6. The summed E-state index contributed by atoms with van der Waals surface area (Å²) in [5, 5.41) is 9.77. The van der Waals surface area contributed by atoms with Gasteiger partial charge in [0.05, 0.1) is 12.7 Å². The van der Waals surface area contributed by atoms with E-state index in [9.17, 15) is 10.1 Å². The molecule has 0 radical (unpaired) electrons. The monoisotopic (exact) mass is 475 g/mol. The summed E-state index contributed by atoms with van der Waals surface area (Å²) in [5.74, 6) is 0.783. The zero-order chi connectivity index (χ0) is 24.9. The molecule has 35 heavy (non-hydrogen) atoms. The highest BCUT2D eigenvalue weighted by molar-refractivity contribution is 5.80. The molecule has 0 amide bonds. The fourth-order valence-corrected chi connectivity index (χ4v) is 4.93. The van der Waals surface area contributed by atoms with Crippen LogP contribution in [0.1, 0.15) is 108 Å². The highest BCUT2D eigenvalue weighted by atomic mass is 16.5. The molecule has 188 valence electrons. The number of nitrogens with zero attached hydrogens (tertiary/aromatic N) is 3. The molecule has 1 aliphatic carbocycles. The Balaban J connectivity index is 1.51. The number of carbonyl (C=O) groups is 1. The maximum Gasteiger partial charge on any atom is 0.326 e. The van der Waals surface area contributed by atoms with Crippen molar-refractivity contribution < 1.29 is 9.53 Å². The largest absolute Gasteiger partial charge is 0.465 e. The molecule has 0 unspecified atom stereocenters. The van der Waals surface area contributed by atoms with Gasteiger partial charge in [-0.3, -0.25) is 4.79 Å². The van der Waals surface area contributed by atoms with Crippen molar-refractivity contribution in [2.75, 3.05) is 6.61 Å². The third-order valence-corrected chi connectivity index (χ3v) is 7.34. The molecule has 1 aromatic carbocycles. The lowest BCUT2D eigenvalue weighted by Crippen LogP contribution is -2.35. The number of aromatic nitrogens is 2. The lowest BCUT2D eigenvalue weighted by molar-refractivity contribution is -0.154. The summed E-state index contributed by atoms with van der Waals surface area (Å²) < 4.78 is 5.45. The van der Waals surface area contributed by atoms with Gasteiger partial charge in [-0.2, -0.15) is 5.26 Å². The average Bonchev–Trinajstić information content (AvgIpc) is 2.91. The van der Waals surface area contributed by atoms with Crippen molar-refractivity contribution in [3.05, 3.63) is 47.8 Å². The minimum atomic E-state index is -0.978. The van der Waals surface area contributed by atoms with E-state index in [-0.39, 0.29) is 5.97 Å². The molecule has 5 nitrogen and oxygen atoms in total. The van der Waals surface area contributed by atoms with Crippen LogP contribution in [0, 0.1) is 16.7 Å². The first-order valence-corrected chi connectivity index (χ1v) is 13.6. The molecule has 0 atom stereocenters. The van der Waals surface area contributed by atoms with Crippen LogP contribution < -0.4 is 0 Å². The molecule has 0 spiro atoms. The first-order valence-electron chi connectivity index (χ1n) is 13.6. The quantitative estimate of drug-likeness (QED) is 0.221. The predicted molar refractivity (Wildman–Crippen MR) is 140 cm³/mol. The Kier molecular flexibility index (Phi) is 10.7. The summed E-state index contributed by atoms with van der Waals surface area (Å²) in [5.41, 5.74) is 2.49. The fraction of sp³-hybridized carbons (Fsp3) is 0.600. The van der Waals surface area contributed by atoms with Gasteiger partial charge >= 0.3 is 5.97 Å². The van der Waals surface area contributed by atoms with Crippen molar-refractivity contribution in [2.45, 2.75) is 103 Å². The zero-order valence-corrected chi connectivity index (χ0v) is 21.6. The number of carbonyl (C=O) groups excluding carboxylic acids is 1. The molecule has 1 fully saturated rings. The summed E-state index contributed by atoms with van der Waals surface area (Å²) >= 11 is 0. The number of hydrogen-bond donors (Lipinski definition) is 0. The number of rotatable bonds is 13. The lowest BCUT2D eigenvalue weighted by atomic mass is 9.69. The molecule has 1 aliphatic rings. The summed E-state index contributed by atoms with van der Waals surface area (Å²) in [7, 11) is 0. The summed E-state index contributed by atoms with van der Waals surface area (Å²) in [6.07, 6.45) is 17.1. The van der Waals surface area contributed by atoms with E-state index in [0.717, 1.165) is 49.9 Å². The van der Waals surface area contributed by atoms with Crippen LogP contribution in [0.4, 0.5) is 0 Å². The Morgan fingerprint density at radius 3 is 2.23 bits per heavy atom. The van der Waals surface area contributed by atoms with E-state index in [4.69, 9.17) is 4.74 Å². The zero-order valence-electron chi connectivity index (χ0n) is 21.6. The van der Waals surface area contributed by atoms with Gasteiger partial charge in [0.2, 0.25) is 0 Å². The first kappa shape index (κ1) is 26.9. The van der Waals surface area contributed by atoms with Crippen LogP contribution in [0.15, 0.2) is 36.7 Å². The number of aryl methyl sites for hydroxylation is 1. The van der Waals surface area contributed by atoms with E-state index >= 15 is 0 Å². The van der Waals surface area contributed by atoms with Gasteiger partial charge in [-0.15, -0.1) is 0 Å². The molecule has 0 aliphatic heterocycles. The Labute approximate surface area is 211 Å². The van der Waals surface area contributed by atoms with E-state index in [1.165, 1.54) is 43.2 Å². The second kappa shape index (κ2) is 14.0. The van der Waals surface area contributed by atoms with Crippen LogP contribution in [0.2, 0.25) is 0 Å². The van der Waals surface area contributed by atoms with Gasteiger partial charge < -0.3 is 4.74 Å². The average molecular weight is 476 g/mol. The molecule has 0 N–H and O–H groups in total. The van der Waals surface area contributed by atoms with Crippen molar-refractivity contribution in [3.63, 3.8) is 0 Å². The number of unbranched alkanes of at least 4 members (excludes halogenated alkanes) is 6. The normalized spacial score (nSPS) is 19.7. The van der Waals surface area contributed by atoms with E-state index in [2.05, 4.69) is 54.2 Å². The minimum Gasteiger partial charge on any atom is -0.465 e. The molecule has 5 heteroatoms. The molecule has 1 heterocycles. The van der Waals surface area contributed by atoms with Crippen LogP contribution in [0.3, 0.4) is 0 Å². The van der Waals surface area contributed by atoms with E-state index in [1.54, 1.807) is 0 Å². The van der Waals surface area contributed by atoms with Crippen molar-refractivity contribution >= 4 is 5.97 Å². The standard InChI is InChI=1S/C30H41N3O2/c1-3-5-7-8-9-11-24-21-32-28(33-22-24)27-14-12-25(13-15-27)26-16-18-30(23-31,19-17-26)29(34)35-20-10-6-4-2/h12-15,21-22,26H,3-11,16-20H2,1-2H3/t26-,30+. The van der Waals surface area contributed by atoms with Crippen molar-refractivity contribution in [2.24, 2.45) is 5.41 Å². The molecular weight excluding hydrogens is 434 g/mol. The maximum absolute atomic E-state index is 12.6. The lowest BCUT2D eigenvalue weighted by Gasteiger charge is -2.33. The Hall–Kier alpha value is -2.74. The van der Waals surface area contributed by atoms with E-state index in [1.807, 2.05) is 12.4 Å². The number of nitriles is 1. The van der Waals surface area contributed by atoms with Gasteiger partial charge in [-0.25, -0.2) is 9.97 Å². The molecule has 3 rings (SSSR count). The number of benzene rings is 1. The Morgan fingerprint density at radius 2 is 1.60 bits per heavy atom. The number of ether oxygens (including phenoxy) is 1. The topological polar surface area (TPSA) is 75.9 Å². The van der Waals surface area contributed by atoms with Gasteiger partial charge in [-0.05, 0) is 62.0 Å². The van der Waals surface area contributed by atoms with Crippen LogP contribution >= 0.6 is 0 Å². The van der Waals surface area contributed by atoms with Crippen molar-refractivity contribution in [1.29, 1.82) is 5.26 Å². The molecular formula is C30H41N3O2. The second-order valence-corrected chi connectivity index (χ2v) is 10.0. The third-order valence-electron chi connectivity index (χ3n) is 7.34. The summed E-state index contributed by atoms with van der Waals surface area (Å²) in [6.45, 7) is 4.78. The SMILES string of the molecule is CCCCCCCc1cnc(-c2ccc([C@H]3CC[C@@](C#N)(C(=O)OCCCCC)CC3)cc2)nc1. The molecule has 1 aromatic heterocycles. The molecule has 0 saturated heterocycles. The predicted octanol–water partition coefficient (Wildman–Crippen LogP) is 7.56. The molecule has 0 bridgehead atoms. The number of hydrogen-bond acceptors (Lipinski definition) is 5. The first-order chi connectivity index (χ1) is 17.1. The third kappa shape index (κ3) is 7.62. The fourth-order valence-electron chi connectivity index (χ4n) is 4.93. The highest BCUT2D eigenvalue weighted by Crippen LogP contribution is 2.43. The van der Waals surface area contributed by atoms with E-state index in [0.29, 0.717) is 25.4 Å². The Morgan fingerprint density at radius 1 is 0.971 bits per heavy atom. The van der Waals surface area contributed by atoms with Gasteiger partial charge in [0.1, 0.15) is 0 Å². The highest BCUT2D eigenvalue weighted by Gasteiger charge is 2.43. The van der Waals surface area contributed by atoms with Gasteiger partial charge in [-0.1, -0.05) is 76.6 Å². The van der Waals surface area contributed by atoms with E-state index < -0.39 is 5.41 Å². The molecule has 1 saturated carbocycles. The Bertz CT molecular complexity index is 939. The van der Waals surface area contributed by atoms with Crippen molar-refractivity contribution in [1.82, 2.24) is 9.97 Å². The van der Waals surface area contributed by atoms with Crippen LogP contribution in [0.25, 0.3) is 11.4 Å². The summed E-state index contributed by atoms with van der Waals surface area (Å²) in [6, 6.07) is 10.8. The van der Waals surface area contributed by atoms with Crippen molar-refractivity contribution in [3.8, 4) is 17.5 Å². The van der Waals surface area contributed by atoms with Gasteiger partial charge in [0.15, 0.2) is 11.2 Å². The minimum absolute atomic E-state index is 0.327. The summed E-state index contributed by atoms with van der Waals surface area (Å²) in [4.78, 5) is 21.8. The van der Waals surface area contributed by atoms with Crippen LogP contribution in [0.5, 0.6) is 0 Å². The number of esters is 1. The molecule has 2 aromatic rings. The van der Waals surface area contributed by atoms with Gasteiger partial charge in [0.25, 0.3) is 0 Å².